The third-order valence-corrected chi connectivity index (χ3v) is 5.83. The number of rotatable bonds is 9. The van der Waals surface area contributed by atoms with E-state index in [0.29, 0.717) is 33.9 Å². The van der Waals surface area contributed by atoms with Crippen molar-refractivity contribution in [1.29, 1.82) is 0 Å². The summed E-state index contributed by atoms with van der Waals surface area (Å²) < 4.78 is 10.3. The van der Waals surface area contributed by atoms with Crippen LogP contribution in [-0.4, -0.2) is 36.4 Å². The van der Waals surface area contributed by atoms with Crippen molar-refractivity contribution in [3.05, 3.63) is 71.3 Å². The van der Waals surface area contributed by atoms with Crippen LogP contribution in [-0.2, 0) is 17.0 Å². The van der Waals surface area contributed by atoms with Crippen LogP contribution in [0, 0.1) is 0 Å². The van der Waals surface area contributed by atoms with Crippen LogP contribution >= 0.6 is 23.5 Å². The van der Waals surface area contributed by atoms with Gasteiger partial charge in [0.05, 0.1) is 14.2 Å². The predicted molar refractivity (Wildman–Crippen MR) is 121 cm³/mol. The van der Waals surface area contributed by atoms with Gasteiger partial charge in [-0.1, -0.05) is 54.2 Å². The Morgan fingerprint density at radius 3 is 2.50 bits per heavy atom. The molecule has 3 aromatic rings. The van der Waals surface area contributed by atoms with Gasteiger partial charge in [-0.25, -0.2) is 14.8 Å². The lowest BCUT2D eigenvalue weighted by atomic mass is 10.2. The number of carbonyl (C=O) groups is 1. The van der Waals surface area contributed by atoms with Crippen molar-refractivity contribution in [2.45, 2.75) is 22.5 Å². The number of ether oxygens (including phenoxy) is 2. The van der Waals surface area contributed by atoms with Crippen LogP contribution in [0.4, 0.5) is 5.82 Å². The minimum Gasteiger partial charge on any atom is -0.497 e. The quantitative estimate of drug-likeness (QED) is 0.218. The summed E-state index contributed by atoms with van der Waals surface area (Å²) in [6.07, 6.45) is 1.91. The van der Waals surface area contributed by atoms with Gasteiger partial charge in [-0.05, 0) is 29.5 Å². The normalized spacial score (nSPS) is 10.5. The smallest absolute Gasteiger partial charge is 0.344 e. The molecule has 0 unspecified atom stereocenters. The number of esters is 1. The zero-order valence-electron chi connectivity index (χ0n) is 17.0. The molecule has 0 atom stereocenters. The molecule has 0 aliphatic heterocycles. The van der Waals surface area contributed by atoms with Crippen molar-refractivity contribution in [3.63, 3.8) is 0 Å². The Bertz CT molecular complexity index is 1000. The highest BCUT2D eigenvalue weighted by Crippen LogP contribution is 2.31. The summed E-state index contributed by atoms with van der Waals surface area (Å²) in [4.78, 5) is 21.7. The first-order valence-electron chi connectivity index (χ1n) is 9.22. The molecule has 8 heteroatoms. The number of benzene rings is 2. The van der Waals surface area contributed by atoms with Crippen molar-refractivity contribution in [1.82, 2.24) is 9.97 Å². The number of aromatic nitrogens is 2. The molecule has 0 fully saturated rings. The molecule has 1 N–H and O–H groups in total. The Labute approximate surface area is 184 Å². The van der Waals surface area contributed by atoms with E-state index in [-0.39, 0.29) is 0 Å². The minimum absolute atomic E-state index is 0.346. The first-order valence-corrected chi connectivity index (χ1v) is 11.4. The highest BCUT2D eigenvalue weighted by Gasteiger charge is 2.22. The summed E-state index contributed by atoms with van der Waals surface area (Å²) in [6.45, 7) is 0.481. The van der Waals surface area contributed by atoms with E-state index in [1.165, 1.54) is 30.6 Å². The number of carbonyl (C=O) groups excluding carboxylic acids is 1. The van der Waals surface area contributed by atoms with Gasteiger partial charge in [-0.3, -0.25) is 0 Å². The summed E-state index contributed by atoms with van der Waals surface area (Å²) >= 11 is 2.92. The van der Waals surface area contributed by atoms with Gasteiger partial charge < -0.3 is 14.8 Å². The second-order valence-corrected chi connectivity index (χ2v) is 7.95. The lowest BCUT2D eigenvalue weighted by Gasteiger charge is -2.15. The highest BCUT2D eigenvalue weighted by atomic mass is 32.2. The first kappa shape index (κ1) is 22.0. The minimum atomic E-state index is -0.466. The molecule has 0 aliphatic carbocycles. The molecule has 30 heavy (non-hydrogen) atoms. The molecule has 1 aromatic heterocycles. The van der Waals surface area contributed by atoms with Crippen molar-refractivity contribution < 1.29 is 14.3 Å². The molecule has 0 aliphatic rings. The molecule has 156 valence electrons. The fraction of sp³-hybridized carbons (Fsp3) is 0.227. The van der Waals surface area contributed by atoms with Crippen LogP contribution in [0.25, 0.3) is 0 Å². The third kappa shape index (κ3) is 5.67. The van der Waals surface area contributed by atoms with Crippen LogP contribution in [0.15, 0.2) is 64.8 Å². The van der Waals surface area contributed by atoms with E-state index in [0.717, 1.165) is 16.9 Å². The van der Waals surface area contributed by atoms with Crippen LogP contribution in [0.3, 0.4) is 0 Å². The van der Waals surface area contributed by atoms with Gasteiger partial charge in [0.15, 0.2) is 5.16 Å². The molecule has 0 spiro atoms. The summed E-state index contributed by atoms with van der Waals surface area (Å²) in [5.41, 5.74) is 2.50. The maximum Gasteiger partial charge on any atom is 0.344 e. The van der Waals surface area contributed by atoms with Crippen LogP contribution < -0.4 is 10.1 Å². The van der Waals surface area contributed by atoms with E-state index in [1.807, 2.05) is 60.9 Å². The topological polar surface area (TPSA) is 73.3 Å². The molecule has 0 amide bonds. The average molecular weight is 442 g/mol. The molecule has 6 nitrogen and oxygen atoms in total. The molecular weight excluding hydrogens is 418 g/mol. The third-order valence-electron chi connectivity index (χ3n) is 4.24. The number of anilines is 1. The second kappa shape index (κ2) is 10.9. The number of hydrogen-bond donors (Lipinski definition) is 1. The lowest BCUT2D eigenvalue weighted by Crippen LogP contribution is -2.13. The maximum atomic E-state index is 12.6. The van der Waals surface area contributed by atoms with Crippen LogP contribution in [0.1, 0.15) is 21.5 Å². The van der Waals surface area contributed by atoms with Crippen molar-refractivity contribution in [3.8, 4) is 5.75 Å². The van der Waals surface area contributed by atoms with E-state index in [1.54, 1.807) is 7.11 Å². The Balaban J connectivity index is 1.90. The number of hydrogen-bond acceptors (Lipinski definition) is 8. The summed E-state index contributed by atoms with van der Waals surface area (Å²) in [5.74, 6) is 1.45. The van der Waals surface area contributed by atoms with Crippen molar-refractivity contribution in [2.24, 2.45) is 0 Å². The molecule has 0 saturated carbocycles. The summed E-state index contributed by atoms with van der Waals surface area (Å²) in [7, 11) is 3.00. The standard InChI is InChI=1S/C22H23N3O3S2/c1-27-17-11-7-10-16(12-17)13-23-19-18(21(26)28-2)20(25-22(24-19)29-3)30-14-15-8-5-4-6-9-15/h4-12H,13-14H2,1-3H3,(H,23,24,25). The van der Waals surface area contributed by atoms with Crippen molar-refractivity contribution in [2.75, 3.05) is 25.8 Å². The van der Waals surface area contributed by atoms with Crippen LogP contribution in [0.5, 0.6) is 5.75 Å². The first-order chi connectivity index (χ1) is 14.6. The lowest BCUT2D eigenvalue weighted by molar-refractivity contribution is 0.0596. The Kier molecular flexibility index (Phi) is 7.98. The number of methoxy groups -OCH3 is 2. The zero-order chi connectivity index (χ0) is 21.3. The molecule has 0 saturated heterocycles. The summed E-state index contributed by atoms with van der Waals surface area (Å²) in [6, 6.07) is 17.8. The van der Waals surface area contributed by atoms with Gasteiger partial charge in [0.2, 0.25) is 0 Å². The fourth-order valence-electron chi connectivity index (χ4n) is 2.72. The monoisotopic (exact) mass is 441 g/mol. The molecule has 3 rings (SSSR count). The Hall–Kier alpha value is -2.71. The Morgan fingerprint density at radius 2 is 1.80 bits per heavy atom. The van der Waals surface area contributed by atoms with E-state index in [4.69, 9.17) is 9.47 Å². The van der Waals surface area contributed by atoms with Crippen molar-refractivity contribution >= 4 is 35.3 Å². The molecule has 1 heterocycles. The predicted octanol–water partition coefficient (Wildman–Crippen LogP) is 4.90. The Morgan fingerprint density at radius 1 is 1.03 bits per heavy atom. The average Bonchev–Trinajstić information content (AvgIpc) is 2.81. The fourth-order valence-corrected chi connectivity index (χ4v) is 4.12. The molecular formula is C22H23N3O3S2. The van der Waals surface area contributed by atoms with E-state index < -0.39 is 5.97 Å². The molecule has 2 aromatic carbocycles. The largest absolute Gasteiger partial charge is 0.497 e. The number of nitrogens with one attached hydrogen (secondary N) is 1. The molecule has 0 bridgehead atoms. The van der Waals surface area contributed by atoms with Gasteiger partial charge in [-0.2, -0.15) is 0 Å². The maximum absolute atomic E-state index is 12.6. The van der Waals surface area contributed by atoms with Gasteiger partial charge in [0, 0.05) is 12.3 Å². The number of nitrogens with zero attached hydrogens (tertiary/aromatic N) is 2. The van der Waals surface area contributed by atoms with Crippen LogP contribution in [0.2, 0.25) is 0 Å². The number of thioether (sulfide) groups is 2. The van der Waals surface area contributed by atoms with Gasteiger partial charge >= 0.3 is 5.97 Å². The second-order valence-electron chi connectivity index (χ2n) is 6.21. The zero-order valence-corrected chi connectivity index (χ0v) is 18.7. The van der Waals surface area contributed by atoms with Gasteiger partial charge in [-0.15, -0.1) is 11.8 Å². The van der Waals surface area contributed by atoms with E-state index >= 15 is 0 Å². The van der Waals surface area contributed by atoms with Gasteiger partial charge in [0.25, 0.3) is 0 Å². The van der Waals surface area contributed by atoms with Gasteiger partial charge in [0.1, 0.15) is 22.2 Å². The van der Waals surface area contributed by atoms with E-state index in [2.05, 4.69) is 15.3 Å². The van der Waals surface area contributed by atoms with E-state index in [9.17, 15) is 4.79 Å². The highest BCUT2D eigenvalue weighted by molar-refractivity contribution is 7.99. The summed E-state index contributed by atoms with van der Waals surface area (Å²) in [5, 5.41) is 4.46. The molecule has 0 radical (unpaired) electrons. The SMILES string of the molecule is COC(=O)c1c(NCc2cccc(OC)c2)nc(SC)nc1SCc1ccccc1.